The van der Waals surface area contributed by atoms with Crippen molar-refractivity contribution in [2.75, 3.05) is 13.2 Å². The summed E-state index contributed by atoms with van der Waals surface area (Å²) in [6, 6.07) is 0. The molecule has 6 heteroatoms. The summed E-state index contributed by atoms with van der Waals surface area (Å²) in [5, 5.41) is 0. The first-order valence-electron chi connectivity index (χ1n) is 6.74. The van der Waals surface area contributed by atoms with Crippen molar-refractivity contribution in [3.63, 3.8) is 0 Å². The van der Waals surface area contributed by atoms with Crippen LogP contribution in [0.15, 0.2) is 0 Å². The second-order valence-corrected chi connectivity index (χ2v) is 7.09. The molecule has 106 valence electrons. The summed E-state index contributed by atoms with van der Waals surface area (Å²) in [5.41, 5.74) is 0. The first-order chi connectivity index (χ1) is 8.12. The van der Waals surface area contributed by atoms with Gasteiger partial charge in [0.2, 0.25) is 0 Å². The Labute approximate surface area is 130 Å². The Morgan fingerprint density at radius 2 is 1.28 bits per heavy atom. The topological polar surface area (TPSA) is 38.7 Å². The molecule has 3 nitrogen and oxygen atoms in total. The minimum atomic E-state index is -2.95. The predicted octanol–water partition coefficient (Wildman–Crippen LogP) is 4.39. The molecule has 0 rings (SSSR count). The second-order valence-electron chi connectivity index (χ2n) is 4.26. The van der Waals surface area contributed by atoms with Gasteiger partial charge >= 0.3 is 6.72 Å². The average molecular weight is 348 g/mol. The van der Waals surface area contributed by atoms with Crippen molar-refractivity contribution in [3.8, 4) is 0 Å². The van der Waals surface area contributed by atoms with Crippen molar-refractivity contribution in [1.82, 2.24) is 0 Å². The van der Waals surface area contributed by atoms with E-state index in [-0.39, 0.29) is 19.5 Å². The minimum Gasteiger partial charge on any atom is -0.324 e. The summed E-state index contributed by atoms with van der Waals surface area (Å²) in [6.45, 7) is 2.35. The molecule has 0 fully saturated rings. The maximum Gasteiger partial charge on any atom is 0.324 e. The van der Waals surface area contributed by atoms with E-state index in [0.717, 1.165) is 25.7 Å². The molecule has 1 unspecified atom stereocenters. The zero-order valence-corrected chi connectivity index (χ0v) is 16.6. The van der Waals surface area contributed by atoms with E-state index in [1.807, 2.05) is 0 Å². The van der Waals surface area contributed by atoms with Crippen LogP contribution >= 0.6 is 6.72 Å². The van der Waals surface area contributed by atoms with Crippen LogP contribution in [0.1, 0.15) is 65.2 Å². The van der Waals surface area contributed by atoms with Gasteiger partial charge in [0.05, 0.1) is 13.2 Å². The molecule has 0 aromatic carbocycles. The fraction of sp³-hybridized carbons (Fsp3) is 1.00. The van der Waals surface area contributed by atoms with Gasteiger partial charge in [-0.3, -0.25) is 0 Å². The van der Waals surface area contributed by atoms with Gasteiger partial charge in [0.15, 0.2) is 0 Å². The SMILES string of the molecule is CCCCCCCCOP(O)(=S)OCCCC.[Zn]. The van der Waals surface area contributed by atoms with Crippen LogP contribution in [0.5, 0.6) is 0 Å². The zero-order chi connectivity index (χ0) is 13.0. The molecule has 0 spiro atoms. The van der Waals surface area contributed by atoms with Crippen LogP contribution < -0.4 is 0 Å². The third-order valence-electron chi connectivity index (χ3n) is 2.50. The molecular weight excluding hydrogens is 321 g/mol. The van der Waals surface area contributed by atoms with Crippen LogP contribution in [0, 0.1) is 0 Å². The van der Waals surface area contributed by atoms with Gasteiger partial charge in [-0.1, -0.05) is 52.4 Å². The summed E-state index contributed by atoms with van der Waals surface area (Å²) in [4.78, 5) is 9.66. The van der Waals surface area contributed by atoms with Gasteiger partial charge in [-0.2, -0.15) is 0 Å². The third kappa shape index (κ3) is 15.2. The molecule has 0 heterocycles. The molecule has 0 saturated carbocycles. The van der Waals surface area contributed by atoms with Gasteiger partial charge in [-0.25, -0.2) is 0 Å². The van der Waals surface area contributed by atoms with E-state index in [2.05, 4.69) is 13.8 Å². The smallest absolute Gasteiger partial charge is 0.324 e. The van der Waals surface area contributed by atoms with Gasteiger partial charge in [-0.15, -0.1) is 0 Å². The number of rotatable bonds is 12. The maximum atomic E-state index is 9.66. The standard InChI is InChI=1S/C12H27O3PS.Zn/c1-3-5-7-8-9-10-12-15-16(13,17)14-11-6-4-2;/h3-12H2,1-2H3,(H,13,17);. The molecule has 0 aromatic rings. The van der Waals surface area contributed by atoms with Crippen molar-refractivity contribution < 1.29 is 33.4 Å². The summed E-state index contributed by atoms with van der Waals surface area (Å²) in [5.74, 6) is 0. The fourth-order valence-corrected chi connectivity index (χ4v) is 2.67. The van der Waals surface area contributed by atoms with E-state index in [1.54, 1.807) is 0 Å². The Bertz CT molecular complexity index is 217. The van der Waals surface area contributed by atoms with Gasteiger partial charge in [-0.05, 0) is 24.6 Å². The van der Waals surface area contributed by atoms with Crippen molar-refractivity contribution >= 4 is 18.5 Å². The van der Waals surface area contributed by atoms with E-state index in [4.69, 9.17) is 20.9 Å². The van der Waals surface area contributed by atoms with Crippen molar-refractivity contribution in [2.24, 2.45) is 0 Å². The molecule has 0 aliphatic rings. The van der Waals surface area contributed by atoms with E-state index < -0.39 is 6.72 Å². The molecule has 1 atom stereocenters. The molecule has 0 saturated heterocycles. The Hall–Kier alpha value is 1.15. The minimum absolute atomic E-state index is 0. The molecule has 18 heavy (non-hydrogen) atoms. The monoisotopic (exact) mass is 346 g/mol. The predicted molar refractivity (Wildman–Crippen MR) is 76.7 cm³/mol. The van der Waals surface area contributed by atoms with Gasteiger partial charge < -0.3 is 13.9 Å². The number of unbranched alkanes of at least 4 members (excludes halogenated alkanes) is 6. The van der Waals surface area contributed by atoms with E-state index in [1.165, 1.54) is 25.7 Å². The molecular formula is C12H27O3PSZn. The van der Waals surface area contributed by atoms with E-state index in [0.29, 0.717) is 13.2 Å². The summed E-state index contributed by atoms with van der Waals surface area (Å²) in [7, 11) is 0. The molecule has 1 N–H and O–H groups in total. The zero-order valence-electron chi connectivity index (χ0n) is 11.9. The molecule has 0 aromatic heterocycles. The Kier molecular flexibility index (Phi) is 17.4. The van der Waals surface area contributed by atoms with Gasteiger partial charge in [0.1, 0.15) is 0 Å². The first kappa shape index (κ1) is 21.5. The summed E-state index contributed by atoms with van der Waals surface area (Å²) < 4.78 is 10.4. The third-order valence-corrected chi connectivity index (χ3v) is 4.15. The van der Waals surface area contributed by atoms with Crippen LogP contribution in [0.3, 0.4) is 0 Å². The van der Waals surface area contributed by atoms with Gasteiger partial charge in [0.25, 0.3) is 0 Å². The van der Waals surface area contributed by atoms with Crippen LogP contribution in [-0.2, 0) is 40.3 Å². The molecule has 0 aliphatic heterocycles. The molecule has 0 bridgehead atoms. The molecule has 0 amide bonds. The van der Waals surface area contributed by atoms with E-state index in [9.17, 15) is 4.89 Å². The maximum absolute atomic E-state index is 9.66. The van der Waals surface area contributed by atoms with Crippen molar-refractivity contribution in [2.45, 2.75) is 65.2 Å². The first-order valence-corrected chi connectivity index (χ1v) is 9.33. The molecule has 0 aliphatic carbocycles. The van der Waals surface area contributed by atoms with E-state index >= 15 is 0 Å². The summed E-state index contributed by atoms with van der Waals surface area (Å²) >= 11 is 4.90. The Morgan fingerprint density at radius 1 is 0.833 bits per heavy atom. The summed E-state index contributed by atoms with van der Waals surface area (Å²) in [6.07, 6.45) is 9.15. The fourth-order valence-electron chi connectivity index (χ4n) is 1.42. The Morgan fingerprint density at radius 3 is 1.83 bits per heavy atom. The second kappa shape index (κ2) is 14.6. The normalized spacial score (nSPS) is 13.9. The molecule has 0 radical (unpaired) electrons. The average Bonchev–Trinajstić information content (AvgIpc) is 2.28. The van der Waals surface area contributed by atoms with Crippen LogP contribution in [0.2, 0.25) is 0 Å². The van der Waals surface area contributed by atoms with Crippen LogP contribution in [0.4, 0.5) is 0 Å². The quantitative estimate of drug-likeness (QED) is 0.323. The van der Waals surface area contributed by atoms with Gasteiger partial charge in [0, 0.05) is 19.5 Å². The van der Waals surface area contributed by atoms with Crippen molar-refractivity contribution in [1.29, 1.82) is 0 Å². The number of hydrogen-bond donors (Lipinski definition) is 1. The van der Waals surface area contributed by atoms with Crippen LogP contribution in [0.25, 0.3) is 0 Å². The van der Waals surface area contributed by atoms with Crippen molar-refractivity contribution in [3.05, 3.63) is 0 Å². The number of hydrogen-bond acceptors (Lipinski definition) is 3. The Balaban J connectivity index is 0. The van der Waals surface area contributed by atoms with Crippen LogP contribution in [-0.4, -0.2) is 18.1 Å². The largest absolute Gasteiger partial charge is 0.324 e.